The third-order valence-electron chi connectivity index (χ3n) is 4.20. The van der Waals surface area contributed by atoms with E-state index in [9.17, 15) is 4.79 Å². The van der Waals surface area contributed by atoms with Crippen molar-refractivity contribution < 1.29 is 4.79 Å². The zero-order valence-electron chi connectivity index (χ0n) is 14.4. The van der Waals surface area contributed by atoms with E-state index in [-0.39, 0.29) is 5.91 Å². The van der Waals surface area contributed by atoms with Gasteiger partial charge in [0.05, 0.1) is 5.69 Å². The van der Waals surface area contributed by atoms with E-state index in [1.165, 1.54) is 37.7 Å². The first-order valence-electron chi connectivity index (χ1n) is 8.70. The Morgan fingerprint density at radius 1 is 0.952 bits per heavy atom. The van der Waals surface area contributed by atoms with Gasteiger partial charge in [-0.3, -0.25) is 4.79 Å². The quantitative estimate of drug-likeness (QED) is 0.553. The standard InChI is InChI=1S/C18H32N2O/c1-5-7-9-10-12-13-17-15(3)19-20(16(17)4)18(21)14-11-8-6-2/h5-14H2,1-4H3. The van der Waals surface area contributed by atoms with E-state index in [0.29, 0.717) is 6.42 Å². The van der Waals surface area contributed by atoms with E-state index >= 15 is 0 Å². The smallest absolute Gasteiger partial charge is 0.247 e. The van der Waals surface area contributed by atoms with Crippen LogP contribution in [0.1, 0.15) is 93.4 Å². The van der Waals surface area contributed by atoms with Gasteiger partial charge >= 0.3 is 0 Å². The largest absolute Gasteiger partial charge is 0.273 e. The van der Waals surface area contributed by atoms with Gasteiger partial charge in [-0.2, -0.15) is 5.10 Å². The number of unbranched alkanes of at least 4 members (excludes halogenated alkanes) is 6. The Kier molecular flexibility index (Phi) is 8.33. The predicted octanol–water partition coefficient (Wildman–Crippen LogP) is 5.23. The number of carbonyl (C=O) groups excluding carboxylic acids is 1. The fourth-order valence-corrected chi connectivity index (χ4v) is 2.82. The molecule has 0 unspecified atom stereocenters. The molecular formula is C18H32N2O. The van der Waals surface area contributed by atoms with Crippen LogP contribution in [0.15, 0.2) is 0 Å². The summed E-state index contributed by atoms with van der Waals surface area (Å²) in [6, 6.07) is 0. The van der Waals surface area contributed by atoms with E-state index in [1.54, 1.807) is 4.68 Å². The maximum absolute atomic E-state index is 12.2. The van der Waals surface area contributed by atoms with Crippen LogP contribution in [0.5, 0.6) is 0 Å². The first-order valence-corrected chi connectivity index (χ1v) is 8.70. The molecule has 0 saturated heterocycles. The van der Waals surface area contributed by atoms with Crippen molar-refractivity contribution >= 4 is 5.91 Å². The van der Waals surface area contributed by atoms with E-state index < -0.39 is 0 Å². The summed E-state index contributed by atoms with van der Waals surface area (Å²) in [5, 5.41) is 4.47. The van der Waals surface area contributed by atoms with Gasteiger partial charge in [0.25, 0.3) is 0 Å². The number of hydrogen-bond donors (Lipinski definition) is 0. The van der Waals surface area contributed by atoms with Gasteiger partial charge in [-0.1, -0.05) is 52.4 Å². The molecule has 120 valence electrons. The minimum Gasteiger partial charge on any atom is -0.273 e. The average molecular weight is 292 g/mol. The second kappa shape index (κ2) is 9.75. The van der Waals surface area contributed by atoms with Gasteiger partial charge in [0.2, 0.25) is 5.91 Å². The molecule has 0 aromatic carbocycles. The van der Waals surface area contributed by atoms with Crippen LogP contribution in [0.4, 0.5) is 0 Å². The second-order valence-corrected chi connectivity index (χ2v) is 6.08. The highest BCUT2D eigenvalue weighted by Crippen LogP contribution is 2.18. The molecule has 1 aromatic heterocycles. The van der Waals surface area contributed by atoms with Crippen molar-refractivity contribution in [1.82, 2.24) is 9.78 Å². The van der Waals surface area contributed by atoms with Crippen LogP contribution < -0.4 is 0 Å². The Morgan fingerprint density at radius 2 is 1.57 bits per heavy atom. The molecule has 3 nitrogen and oxygen atoms in total. The maximum atomic E-state index is 12.2. The topological polar surface area (TPSA) is 34.9 Å². The maximum Gasteiger partial charge on any atom is 0.247 e. The molecule has 0 saturated carbocycles. The molecule has 0 radical (unpaired) electrons. The molecule has 1 heterocycles. The van der Waals surface area contributed by atoms with Crippen LogP contribution >= 0.6 is 0 Å². The lowest BCUT2D eigenvalue weighted by Gasteiger charge is -2.04. The Balaban J connectivity index is 2.56. The summed E-state index contributed by atoms with van der Waals surface area (Å²) >= 11 is 0. The summed E-state index contributed by atoms with van der Waals surface area (Å²) in [5.74, 6) is 0.154. The van der Waals surface area contributed by atoms with Crippen LogP contribution in [0, 0.1) is 13.8 Å². The Bertz CT molecular complexity index is 435. The van der Waals surface area contributed by atoms with E-state index in [4.69, 9.17) is 0 Å². The molecule has 0 aliphatic carbocycles. The lowest BCUT2D eigenvalue weighted by molar-refractivity contribution is 0.0880. The summed E-state index contributed by atoms with van der Waals surface area (Å²) in [6.45, 7) is 8.47. The van der Waals surface area contributed by atoms with Crippen LogP contribution in [0.2, 0.25) is 0 Å². The molecule has 21 heavy (non-hydrogen) atoms. The first kappa shape index (κ1) is 17.9. The molecular weight excluding hydrogens is 260 g/mol. The van der Waals surface area contributed by atoms with Gasteiger partial charge in [0.1, 0.15) is 0 Å². The fourth-order valence-electron chi connectivity index (χ4n) is 2.82. The number of aromatic nitrogens is 2. The predicted molar refractivity (Wildman–Crippen MR) is 88.9 cm³/mol. The Morgan fingerprint density at radius 3 is 2.24 bits per heavy atom. The van der Waals surface area contributed by atoms with Gasteiger partial charge in [0.15, 0.2) is 0 Å². The number of carbonyl (C=O) groups is 1. The normalized spacial score (nSPS) is 11.0. The van der Waals surface area contributed by atoms with Crippen LogP contribution in [-0.2, 0) is 6.42 Å². The molecule has 1 rings (SSSR count). The van der Waals surface area contributed by atoms with Crippen LogP contribution in [0.3, 0.4) is 0 Å². The molecule has 0 spiro atoms. The van der Waals surface area contributed by atoms with Crippen molar-refractivity contribution in [1.29, 1.82) is 0 Å². The lowest BCUT2D eigenvalue weighted by atomic mass is 10.0. The van der Waals surface area contributed by atoms with Crippen LogP contribution in [-0.4, -0.2) is 15.7 Å². The van der Waals surface area contributed by atoms with Gasteiger partial charge in [-0.15, -0.1) is 0 Å². The number of aryl methyl sites for hydroxylation is 1. The van der Waals surface area contributed by atoms with E-state index in [1.807, 2.05) is 13.8 Å². The number of nitrogens with zero attached hydrogens (tertiary/aromatic N) is 2. The molecule has 3 heteroatoms. The SMILES string of the molecule is CCCCCCCc1c(C)nn(C(=O)CCCCC)c1C. The van der Waals surface area contributed by atoms with Crippen molar-refractivity contribution in [2.75, 3.05) is 0 Å². The van der Waals surface area contributed by atoms with Gasteiger partial charge < -0.3 is 0 Å². The monoisotopic (exact) mass is 292 g/mol. The molecule has 0 fully saturated rings. The first-order chi connectivity index (χ1) is 10.1. The second-order valence-electron chi connectivity index (χ2n) is 6.08. The molecule has 0 atom stereocenters. The molecule has 0 aliphatic heterocycles. The fraction of sp³-hybridized carbons (Fsp3) is 0.778. The number of hydrogen-bond acceptors (Lipinski definition) is 2. The minimum atomic E-state index is 0.154. The zero-order chi connectivity index (χ0) is 15.7. The summed E-state index contributed by atoms with van der Waals surface area (Å²) in [7, 11) is 0. The summed E-state index contributed by atoms with van der Waals surface area (Å²) in [4.78, 5) is 12.2. The van der Waals surface area contributed by atoms with Crippen molar-refractivity contribution in [2.24, 2.45) is 0 Å². The van der Waals surface area contributed by atoms with E-state index in [0.717, 1.165) is 37.1 Å². The highest BCUT2D eigenvalue weighted by atomic mass is 16.2. The Labute approximate surface area is 130 Å². The number of rotatable bonds is 10. The van der Waals surface area contributed by atoms with Crippen molar-refractivity contribution in [3.8, 4) is 0 Å². The van der Waals surface area contributed by atoms with Gasteiger partial charge in [-0.05, 0) is 38.7 Å². The summed E-state index contributed by atoms with van der Waals surface area (Å²) in [5.41, 5.74) is 3.38. The molecule has 0 bridgehead atoms. The van der Waals surface area contributed by atoms with Crippen molar-refractivity contribution in [3.63, 3.8) is 0 Å². The third-order valence-corrected chi connectivity index (χ3v) is 4.20. The Hall–Kier alpha value is -1.12. The average Bonchev–Trinajstić information content (AvgIpc) is 2.75. The van der Waals surface area contributed by atoms with E-state index in [2.05, 4.69) is 18.9 Å². The summed E-state index contributed by atoms with van der Waals surface area (Å²) in [6.07, 6.45) is 11.3. The third kappa shape index (κ3) is 5.64. The zero-order valence-corrected chi connectivity index (χ0v) is 14.4. The highest BCUT2D eigenvalue weighted by Gasteiger charge is 2.15. The molecule has 1 aromatic rings. The minimum absolute atomic E-state index is 0.154. The van der Waals surface area contributed by atoms with Crippen molar-refractivity contribution in [3.05, 3.63) is 17.0 Å². The van der Waals surface area contributed by atoms with Gasteiger partial charge in [-0.25, -0.2) is 4.68 Å². The lowest BCUT2D eigenvalue weighted by Crippen LogP contribution is -2.14. The highest BCUT2D eigenvalue weighted by molar-refractivity contribution is 5.79. The molecule has 0 N–H and O–H groups in total. The molecule has 0 aliphatic rings. The summed E-state index contributed by atoms with van der Waals surface area (Å²) < 4.78 is 1.65. The van der Waals surface area contributed by atoms with Crippen LogP contribution in [0.25, 0.3) is 0 Å². The van der Waals surface area contributed by atoms with Crippen molar-refractivity contribution in [2.45, 2.75) is 91.9 Å². The molecule has 0 amide bonds. The van der Waals surface area contributed by atoms with Gasteiger partial charge in [0, 0.05) is 12.1 Å².